The van der Waals surface area contributed by atoms with Gasteiger partial charge in [0, 0.05) is 16.0 Å². The van der Waals surface area contributed by atoms with Crippen LogP contribution in [0.15, 0.2) is 47.4 Å². The summed E-state index contributed by atoms with van der Waals surface area (Å²) in [5.74, 6) is 0.131. The Labute approximate surface area is 208 Å². The van der Waals surface area contributed by atoms with E-state index >= 15 is 0 Å². The monoisotopic (exact) mass is 536 g/mol. The van der Waals surface area contributed by atoms with Gasteiger partial charge in [-0.2, -0.15) is 0 Å². The Kier molecular flexibility index (Phi) is 11.9. The van der Waals surface area contributed by atoms with E-state index in [1.54, 1.807) is 24.3 Å². The van der Waals surface area contributed by atoms with Crippen LogP contribution in [0, 0.1) is 5.82 Å². The SMILES string of the molecule is CC(C)(CCCCSc1ccc(CNCCCO[P+](=O)O)cc1OC(F)(F)F)c1ccccc1F. The molecule has 0 aliphatic heterocycles. The molecule has 1 unspecified atom stereocenters. The molecule has 0 fully saturated rings. The molecular formula is C24H31F4NO4PS+. The van der Waals surface area contributed by atoms with Crippen molar-refractivity contribution in [2.75, 3.05) is 18.9 Å². The summed E-state index contributed by atoms with van der Waals surface area (Å²) in [4.78, 5) is 8.97. The second-order valence-electron chi connectivity index (χ2n) is 8.60. The van der Waals surface area contributed by atoms with E-state index in [0.29, 0.717) is 41.3 Å². The number of hydrogen-bond acceptors (Lipinski definition) is 5. The lowest BCUT2D eigenvalue weighted by Gasteiger charge is -2.25. The number of ether oxygens (including phenoxy) is 1. The minimum absolute atomic E-state index is 0.105. The lowest BCUT2D eigenvalue weighted by molar-refractivity contribution is -0.275. The molecule has 0 radical (unpaired) electrons. The number of alkyl halides is 3. The summed E-state index contributed by atoms with van der Waals surface area (Å²) in [6, 6.07) is 11.4. The molecule has 35 heavy (non-hydrogen) atoms. The Morgan fingerprint density at radius 1 is 1.09 bits per heavy atom. The van der Waals surface area contributed by atoms with Crippen molar-refractivity contribution in [1.29, 1.82) is 0 Å². The van der Waals surface area contributed by atoms with Crippen molar-refractivity contribution < 1.29 is 36.3 Å². The van der Waals surface area contributed by atoms with Gasteiger partial charge in [0.1, 0.15) is 18.2 Å². The molecular weight excluding hydrogens is 505 g/mol. The van der Waals surface area contributed by atoms with Crippen molar-refractivity contribution in [3.8, 4) is 5.75 Å². The first-order valence-corrected chi connectivity index (χ1v) is 13.4. The average molecular weight is 537 g/mol. The third kappa shape index (κ3) is 11.3. The molecule has 0 heterocycles. The van der Waals surface area contributed by atoms with Gasteiger partial charge in [-0.15, -0.1) is 34.4 Å². The van der Waals surface area contributed by atoms with Crippen LogP contribution in [0.4, 0.5) is 17.6 Å². The van der Waals surface area contributed by atoms with Crippen LogP contribution < -0.4 is 10.1 Å². The first-order valence-electron chi connectivity index (χ1n) is 11.2. The highest BCUT2D eigenvalue weighted by Crippen LogP contribution is 2.36. The van der Waals surface area contributed by atoms with Crippen LogP contribution in [-0.2, 0) is 21.0 Å². The number of nitrogens with one attached hydrogen (secondary N) is 1. The molecule has 5 nitrogen and oxygen atoms in total. The summed E-state index contributed by atoms with van der Waals surface area (Å²) >= 11 is 1.30. The predicted molar refractivity (Wildman–Crippen MR) is 129 cm³/mol. The maximum absolute atomic E-state index is 14.1. The Morgan fingerprint density at radius 2 is 1.83 bits per heavy atom. The second-order valence-corrected chi connectivity index (χ2v) is 10.5. The standard InChI is InChI=1S/C24H30F4NO4PS/c1-23(2,19-8-3-4-9-20(19)25)12-5-6-15-35-22-11-10-18(16-21(22)33-24(26,27)28)17-29-13-7-14-32-34(30)31/h3-4,8-11,16,29H,5-7,12-15,17H2,1-2H3/p+1. The minimum Gasteiger partial charge on any atom is -0.405 e. The van der Waals surface area contributed by atoms with Gasteiger partial charge in [0.05, 0.1) is 0 Å². The number of benzene rings is 2. The minimum atomic E-state index is -4.80. The molecule has 2 N–H and O–H groups in total. The maximum atomic E-state index is 14.1. The molecule has 0 aromatic heterocycles. The summed E-state index contributed by atoms with van der Waals surface area (Å²) in [7, 11) is -2.63. The predicted octanol–water partition coefficient (Wildman–Crippen LogP) is 7.11. The van der Waals surface area contributed by atoms with E-state index in [9.17, 15) is 22.1 Å². The summed E-state index contributed by atoms with van der Waals surface area (Å²) in [6.07, 6.45) is -2.00. The molecule has 0 aliphatic carbocycles. The van der Waals surface area contributed by atoms with E-state index in [2.05, 4.69) is 14.6 Å². The Hall–Kier alpha value is -1.71. The fourth-order valence-electron chi connectivity index (χ4n) is 3.55. The molecule has 194 valence electrons. The van der Waals surface area contributed by atoms with Gasteiger partial charge in [0.2, 0.25) is 0 Å². The zero-order valence-electron chi connectivity index (χ0n) is 19.7. The van der Waals surface area contributed by atoms with E-state index in [1.807, 2.05) is 19.9 Å². The Morgan fingerprint density at radius 3 is 2.51 bits per heavy atom. The van der Waals surface area contributed by atoms with Gasteiger partial charge in [-0.3, -0.25) is 0 Å². The fraction of sp³-hybridized carbons (Fsp3) is 0.500. The van der Waals surface area contributed by atoms with E-state index in [1.165, 1.54) is 23.9 Å². The van der Waals surface area contributed by atoms with E-state index < -0.39 is 14.6 Å². The summed E-state index contributed by atoms with van der Waals surface area (Å²) in [5.41, 5.74) is 0.945. The van der Waals surface area contributed by atoms with Crippen molar-refractivity contribution in [1.82, 2.24) is 5.32 Å². The number of rotatable bonds is 15. The van der Waals surface area contributed by atoms with Gasteiger partial charge in [-0.1, -0.05) is 44.5 Å². The largest absolute Gasteiger partial charge is 0.694 e. The Bertz CT molecular complexity index is 959. The van der Waals surface area contributed by atoms with Crippen LogP contribution in [0.25, 0.3) is 0 Å². The summed E-state index contributed by atoms with van der Waals surface area (Å²) < 4.78 is 72.2. The number of halogens is 4. The molecule has 0 bridgehead atoms. The maximum Gasteiger partial charge on any atom is 0.694 e. The number of hydrogen-bond donors (Lipinski definition) is 2. The third-order valence-corrected chi connectivity index (χ3v) is 6.86. The molecule has 0 spiro atoms. The Balaban J connectivity index is 1.87. The van der Waals surface area contributed by atoms with Crippen molar-refractivity contribution >= 4 is 20.0 Å². The summed E-state index contributed by atoms with van der Waals surface area (Å²) in [5, 5.41) is 3.05. The number of thioether (sulfide) groups is 1. The molecule has 2 aromatic carbocycles. The molecule has 2 aromatic rings. The van der Waals surface area contributed by atoms with Crippen LogP contribution in [0.1, 0.15) is 50.7 Å². The highest BCUT2D eigenvalue weighted by atomic mass is 32.2. The second kappa shape index (κ2) is 14.1. The normalized spacial score (nSPS) is 12.6. The van der Waals surface area contributed by atoms with Crippen LogP contribution in [-0.4, -0.2) is 30.2 Å². The van der Waals surface area contributed by atoms with E-state index in [-0.39, 0.29) is 23.6 Å². The highest BCUT2D eigenvalue weighted by Gasteiger charge is 2.32. The van der Waals surface area contributed by atoms with E-state index in [0.717, 1.165) is 19.3 Å². The van der Waals surface area contributed by atoms with Crippen molar-refractivity contribution in [2.45, 2.75) is 62.7 Å². The molecule has 0 saturated heterocycles. The third-order valence-electron chi connectivity index (χ3n) is 5.32. The molecule has 2 rings (SSSR count). The first kappa shape index (κ1) is 29.5. The van der Waals surface area contributed by atoms with Crippen LogP contribution in [0.5, 0.6) is 5.75 Å². The van der Waals surface area contributed by atoms with E-state index in [4.69, 9.17) is 4.89 Å². The quantitative estimate of drug-likeness (QED) is 0.109. The van der Waals surface area contributed by atoms with Gasteiger partial charge in [0.15, 0.2) is 0 Å². The van der Waals surface area contributed by atoms with Crippen molar-refractivity contribution in [3.63, 3.8) is 0 Å². The fourth-order valence-corrected chi connectivity index (χ4v) is 4.82. The van der Waals surface area contributed by atoms with Gasteiger partial charge in [-0.05, 0) is 66.3 Å². The first-order chi connectivity index (χ1) is 16.5. The van der Waals surface area contributed by atoms with Crippen molar-refractivity contribution in [3.05, 3.63) is 59.4 Å². The van der Waals surface area contributed by atoms with Crippen molar-refractivity contribution in [2.24, 2.45) is 0 Å². The average Bonchev–Trinajstić information content (AvgIpc) is 2.76. The molecule has 11 heteroatoms. The zero-order valence-corrected chi connectivity index (χ0v) is 21.4. The van der Waals surface area contributed by atoms with Gasteiger partial charge in [0.25, 0.3) is 0 Å². The lowest BCUT2D eigenvalue weighted by Crippen LogP contribution is -2.19. The summed E-state index contributed by atoms with van der Waals surface area (Å²) in [6.45, 7) is 4.87. The molecule has 0 aliphatic rings. The highest BCUT2D eigenvalue weighted by molar-refractivity contribution is 7.99. The van der Waals surface area contributed by atoms with Gasteiger partial charge >= 0.3 is 14.6 Å². The number of unbranched alkanes of at least 4 members (excludes halogenated alkanes) is 1. The van der Waals surface area contributed by atoms with Gasteiger partial charge in [-0.25, -0.2) is 4.39 Å². The molecule has 0 saturated carbocycles. The van der Waals surface area contributed by atoms with Crippen LogP contribution in [0.3, 0.4) is 0 Å². The van der Waals surface area contributed by atoms with Crippen LogP contribution in [0.2, 0.25) is 0 Å². The smallest absolute Gasteiger partial charge is 0.405 e. The molecule has 0 amide bonds. The topological polar surface area (TPSA) is 67.8 Å². The zero-order chi connectivity index (χ0) is 25.9. The van der Waals surface area contributed by atoms with Crippen LogP contribution >= 0.6 is 20.0 Å². The molecule has 1 atom stereocenters. The lowest BCUT2D eigenvalue weighted by atomic mass is 9.80. The van der Waals surface area contributed by atoms with Gasteiger partial charge < -0.3 is 10.1 Å².